The predicted molar refractivity (Wildman–Crippen MR) is 88.2 cm³/mol. The first-order valence-electron chi connectivity index (χ1n) is 6.72. The highest BCUT2D eigenvalue weighted by Crippen LogP contribution is 2.35. The Hall–Kier alpha value is -2.18. The van der Waals surface area contributed by atoms with Gasteiger partial charge >= 0.3 is 0 Å². The number of hydrogen-bond donors (Lipinski definition) is 2. The van der Waals surface area contributed by atoms with Crippen LogP contribution in [0, 0.1) is 0 Å². The second-order valence-corrected chi connectivity index (χ2v) is 5.98. The largest absolute Gasteiger partial charge is 0.399 e. The number of nitrogens with zero attached hydrogens (tertiary/aromatic N) is 2. The molecule has 1 atom stereocenters. The quantitative estimate of drug-likeness (QED) is 0.809. The normalized spacial score (nSPS) is 20.4. The molecule has 0 saturated heterocycles. The van der Waals surface area contributed by atoms with Gasteiger partial charge in [0.05, 0.1) is 0 Å². The minimum Gasteiger partial charge on any atom is -0.399 e. The van der Waals surface area contributed by atoms with E-state index in [4.69, 9.17) is 5.73 Å². The Morgan fingerprint density at radius 2 is 2.00 bits per heavy atom. The number of nitrogen functional groups attached to an aromatic ring is 1. The van der Waals surface area contributed by atoms with Gasteiger partial charge in [-0.2, -0.15) is 10.1 Å². The zero-order chi connectivity index (χ0) is 15.7. The number of aliphatic hydroxyl groups is 1. The Kier molecular flexibility index (Phi) is 3.72. The third kappa shape index (κ3) is 2.51. The van der Waals surface area contributed by atoms with Crippen LogP contribution in [-0.2, 0) is 5.72 Å². The Morgan fingerprint density at radius 1 is 1.27 bits per heavy atom. The zero-order valence-corrected chi connectivity index (χ0v) is 13.2. The van der Waals surface area contributed by atoms with Crippen molar-refractivity contribution in [3.8, 4) is 0 Å². The molecule has 0 spiro atoms. The van der Waals surface area contributed by atoms with E-state index in [1.54, 1.807) is 36.4 Å². The number of halogens is 1. The Morgan fingerprint density at radius 3 is 2.68 bits per heavy atom. The molecule has 1 aliphatic heterocycles. The van der Waals surface area contributed by atoms with E-state index >= 15 is 0 Å². The summed E-state index contributed by atoms with van der Waals surface area (Å²) in [6, 6.07) is 13.7. The predicted octanol–water partition coefficient (Wildman–Crippen LogP) is 2.71. The number of benzene rings is 2. The van der Waals surface area contributed by atoms with Gasteiger partial charge in [-0.05, 0) is 36.4 Å². The summed E-state index contributed by atoms with van der Waals surface area (Å²) in [7, 11) is 0. The third-order valence-corrected chi connectivity index (χ3v) is 4.05. The Bertz CT molecular complexity index is 745. The molecular formula is C16H14BrN3O2. The van der Waals surface area contributed by atoms with Gasteiger partial charge in [-0.3, -0.25) is 4.79 Å². The molecule has 0 unspecified atom stereocenters. The lowest BCUT2D eigenvalue weighted by Gasteiger charge is -2.31. The van der Waals surface area contributed by atoms with Crippen LogP contribution < -0.4 is 5.73 Å². The van der Waals surface area contributed by atoms with Crippen LogP contribution in [0.2, 0.25) is 0 Å². The number of rotatable bonds is 2. The number of hydrogen-bond acceptors (Lipinski definition) is 4. The van der Waals surface area contributed by atoms with Gasteiger partial charge in [-0.25, -0.2) is 0 Å². The number of anilines is 1. The summed E-state index contributed by atoms with van der Waals surface area (Å²) in [6.07, 6.45) is 1.78. The summed E-state index contributed by atoms with van der Waals surface area (Å²) < 4.78 is 0.824. The summed E-state index contributed by atoms with van der Waals surface area (Å²) in [4.78, 5) is 12.6. The maximum absolute atomic E-state index is 12.6. The smallest absolute Gasteiger partial charge is 0.276 e. The van der Waals surface area contributed by atoms with Crippen molar-refractivity contribution in [1.82, 2.24) is 5.01 Å². The van der Waals surface area contributed by atoms with Crippen LogP contribution in [0.3, 0.4) is 0 Å². The number of carbonyl (C=O) groups is 1. The molecule has 112 valence electrons. The first-order chi connectivity index (χ1) is 10.5. The molecule has 0 radical (unpaired) electrons. The molecule has 3 N–H and O–H groups in total. The number of hydrazone groups is 1. The highest BCUT2D eigenvalue weighted by molar-refractivity contribution is 9.10. The fraction of sp³-hybridized carbons (Fsp3) is 0.125. The van der Waals surface area contributed by atoms with E-state index in [1.807, 2.05) is 12.1 Å². The van der Waals surface area contributed by atoms with E-state index in [1.165, 1.54) is 6.21 Å². The highest BCUT2D eigenvalue weighted by Gasteiger charge is 2.43. The van der Waals surface area contributed by atoms with Crippen LogP contribution >= 0.6 is 15.9 Å². The molecule has 1 heterocycles. The van der Waals surface area contributed by atoms with E-state index < -0.39 is 5.72 Å². The molecule has 2 aromatic carbocycles. The minimum atomic E-state index is -1.48. The lowest BCUT2D eigenvalue weighted by atomic mass is 9.99. The van der Waals surface area contributed by atoms with Gasteiger partial charge in [0.15, 0.2) is 5.72 Å². The van der Waals surface area contributed by atoms with Crippen LogP contribution in [-0.4, -0.2) is 22.2 Å². The van der Waals surface area contributed by atoms with E-state index in [0.29, 0.717) is 16.8 Å². The maximum Gasteiger partial charge on any atom is 0.276 e. The average molecular weight is 360 g/mol. The molecule has 0 bridgehead atoms. The standard InChI is InChI=1S/C16H14BrN3O2/c17-13-3-1-2-12(10-13)16(22)8-9-19-20(16)15(21)11-4-6-14(18)7-5-11/h1-7,9-10,22H,8,18H2/t16-/m1/s1. The summed E-state index contributed by atoms with van der Waals surface area (Å²) >= 11 is 3.37. The van der Waals surface area contributed by atoms with E-state index in [2.05, 4.69) is 21.0 Å². The average Bonchev–Trinajstić information content (AvgIpc) is 2.90. The number of amides is 1. The molecule has 0 aliphatic carbocycles. The van der Waals surface area contributed by atoms with Crippen LogP contribution in [0.25, 0.3) is 0 Å². The second-order valence-electron chi connectivity index (χ2n) is 5.07. The zero-order valence-electron chi connectivity index (χ0n) is 11.6. The van der Waals surface area contributed by atoms with Gasteiger partial charge in [-0.1, -0.05) is 28.1 Å². The van der Waals surface area contributed by atoms with Gasteiger partial charge in [-0.15, -0.1) is 0 Å². The van der Waals surface area contributed by atoms with E-state index in [0.717, 1.165) is 9.48 Å². The molecule has 22 heavy (non-hydrogen) atoms. The van der Waals surface area contributed by atoms with Gasteiger partial charge in [0.1, 0.15) is 0 Å². The minimum absolute atomic E-state index is 0.240. The van der Waals surface area contributed by atoms with Gasteiger partial charge < -0.3 is 10.8 Å². The van der Waals surface area contributed by atoms with E-state index in [9.17, 15) is 9.90 Å². The van der Waals surface area contributed by atoms with Crippen molar-refractivity contribution in [3.63, 3.8) is 0 Å². The van der Waals surface area contributed by atoms with Crippen molar-refractivity contribution < 1.29 is 9.90 Å². The van der Waals surface area contributed by atoms with Crippen LogP contribution in [0.4, 0.5) is 5.69 Å². The Balaban J connectivity index is 1.97. The highest BCUT2D eigenvalue weighted by atomic mass is 79.9. The molecule has 5 nitrogen and oxygen atoms in total. The maximum atomic E-state index is 12.6. The SMILES string of the molecule is Nc1ccc(C(=O)N2N=CC[C@@]2(O)c2cccc(Br)c2)cc1. The van der Waals surface area contributed by atoms with Crippen molar-refractivity contribution >= 4 is 33.7 Å². The Labute approximate surface area is 136 Å². The topological polar surface area (TPSA) is 78.9 Å². The molecular weight excluding hydrogens is 346 g/mol. The molecule has 6 heteroatoms. The van der Waals surface area contributed by atoms with Crippen LogP contribution in [0.5, 0.6) is 0 Å². The molecule has 0 aromatic heterocycles. The van der Waals surface area contributed by atoms with Crippen molar-refractivity contribution in [2.24, 2.45) is 5.10 Å². The fourth-order valence-electron chi connectivity index (χ4n) is 2.38. The summed E-state index contributed by atoms with van der Waals surface area (Å²) in [5.41, 5.74) is 5.74. The van der Waals surface area contributed by atoms with Crippen molar-refractivity contribution in [2.75, 3.05) is 5.73 Å². The van der Waals surface area contributed by atoms with Crippen LogP contribution in [0.15, 0.2) is 58.1 Å². The van der Waals surface area contributed by atoms with Crippen molar-refractivity contribution in [3.05, 3.63) is 64.1 Å². The van der Waals surface area contributed by atoms with Crippen LogP contribution in [0.1, 0.15) is 22.3 Å². The second kappa shape index (κ2) is 5.55. The molecule has 0 saturated carbocycles. The first kappa shape index (κ1) is 14.7. The first-order valence-corrected chi connectivity index (χ1v) is 7.51. The lowest BCUT2D eigenvalue weighted by Crippen LogP contribution is -2.43. The van der Waals surface area contributed by atoms with Gasteiger partial charge in [0.2, 0.25) is 0 Å². The monoisotopic (exact) mass is 359 g/mol. The fourth-order valence-corrected chi connectivity index (χ4v) is 2.78. The molecule has 3 rings (SSSR count). The number of carbonyl (C=O) groups excluding carboxylic acids is 1. The molecule has 1 aliphatic rings. The summed E-state index contributed by atoms with van der Waals surface area (Å²) in [5, 5.41) is 16.1. The lowest BCUT2D eigenvalue weighted by molar-refractivity contribution is -0.0764. The third-order valence-electron chi connectivity index (χ3n) is 3.56. The number of nitrogens with two attached hydrogens (primary N) is 1. The van der Waals surface area contributed by atoms with Crippen molar-refractivity contribution in [2.45, 2.75) is 12.1 Å². The molecule has 1 amide bonds. The molecule has 0 fully saturated rings. The van der Waals surface area contributed by atoms with Gasteiger partial charge in [0.25, 0.3) is 5.91 Å². The van der Waals surface area contributed by atoms with Crippen molar-refractivity contribution in [1.29, 1.82) is 0 Å². The summed E-state index contributed by atoms with van der Waals surface area (Å²) in [6.45, 7) is 0. The van der Waals surface area contributed by atoms with E-state index in [-0.39, 0.29) is 12.3 Å². The van der Waals surface area contributed by atoms with Gasteiger partial charge in [0, 0.05) is 33.9 Å². The summed E-state index contributed by atoms with van der Waals surface area (Å²) in [5.74, 6) is -0.378. The molecule has 2 aromatic rings.